The molecular formula is C22H18F3N3O4. The van der Waals surface area contributed by atoms with Crippen LogP contribution in [0.2, 0.25) is 0 Å². The van der Waals surface area contributed by atoms with E-state index >= 15 is 0 Å². The van der Waals surface area contributed by atoms with Gasteiger partial charge in [0.1, 0.15) is 11.9 Å². The zero-order valence-corrected chi connectivity index (χ0v) is 17.0. The van der Waals surface area contributed by atoms with Gasteiger partial charge in [-0.25, -0.2) is 13.6 Å². The van der Waals surface area contributed by atoms with E-state index in [-0.39, 0.29) is 5.56 Å². The van der Waals surface area contributed by atoms with Crippen LogP contribution in [0.15, 0.2) is 42.7 Å². The lowest BCUT2D eigenvalue weighted by Gasteiger charge is -2.18. The molecule has 0 bridgehead atoms. The zero-order chi connectivity index (χ0) is 23.4. The molecule has 0 radical (unpaired) electrons. The molecule has 0 spiro atoms. The molecule has 0 aliphatic heterocycles. The molecule has 2 N–H and O–H groups in total. The average Bonchev–Trinajstić information content (AvgIpc) is 2.79. The number of rotatable bonds is 6. The average molecular weight is 445 g/mol. The van der Waals surface area contributed by atoms with Crippen LogP contribution in [0, 0.1) is 24.4 Å². The molecule has 0 saturated carbocycles. The number of methoxy groups -OCH3 is 1. The van der Waals surface area contributed by atoms with Crippen LogP contribution in [-0.4, -0.2) is 40.1 Å². The van der Waals surface area contributed by atoms with Crippen molar-refractivity contribution < 1.29 is 32.6 Å². The molecule has 2 heterocycles. The number of benzene rings is 1. The Morgan fingerprint density at radius 3 is 2.38 bits per heavy atom. The van der Waals surface area contributed by atoms with Crippen molar-refractivity contribution in [1.29, 1.82) is 0 Å². The molecule has 0 saturated heterocycles. The van der Waals surface area contributed by atoms with E-state index in [9.17, 15) is 27.9 Å². The summed E-state index contributed by atoms with van der Waals surface area (Å²) in [6.07, 6.45) is 2.22. The molecule has 32 heavy (non-hydrogen) atoms. The fourth-order valence-corrected chi connectivity index (χ4v) is 2.98. The summed E-state index contributed by atoms with van der Waals surface area (Å²) in [6, 6.07) is 5.23. The molecule has 10 heteroatoms. The second-order valence-corrected chi connectivity index (χ2v) is 6.89. The SMILES string of the molecule is COC(=O)[C@H](Cc1c(F)cc(O)c(F)c1F)NC(=O)c1ccnc(-c2cc(C)ccn2)c1. The van der Waals surface area contributed by atoms with E-state index in [1.165, 1.54) is 18.3 Å². The van der Waals surface area contributed by atoms with Crippen molar-refractivity contribution in [3.63, 3.8) is 0 Å². The van der Waals surface area contributed by atoms with Crippen molar-refractivity contribution in [3.8, 4) is 17.1 Å². The monoisotopic (exact) mass is 445 g/mol. The van der Waals surface area contributed by atoms with Crippen molar-refractivity contribution in [2.75, 3.05) is 7.11 Å². The summed E-state index contributed by atoms with van der Waals surface area (Å²) < 4.78 is 46.5. The number of ether oxygens (including phenoxy) is 1. The maximum Gasteiger partial charge on any atom is 0.328 e. The number of carbonyl (C=O) groups is 2. The molecule has 2 aromatic heterocycles. The number of esters is 1. The van der Waals surface area contributed by atoms with Gasteiger partial charge in [0.05, 0.1) is 18.5 Å². The summed E-state index contributed by atoms with van der Waals surface area (Å²) in [5.41, 5.74) is 1.13. The van der Waals surface area contributed by atoms with Crippen LogP contribution in [0.3, 0.4) is 0 Å². The molecule has 166 valence electrons. The third-order valence-corrected chi connectivity index (χ3v) is 4.63. The van der Waals surface area contributed by atoms with E-state index in [0.717, 1.165) is 12.7 Å². The first-order valence-electron chi connectivity index (χ1n) is 9.34. The third kappa shape index (κ3) is 4.85. The summed E-state index contributed by atoms with van der Waals surface area (Å²) in [5, 5.41) is 11.5. The molecule has 3 rings (SSSR count). The molecule has 1 amide bonds. The van der Waals surface area contributed by atoms with E-state index < -0.39 is 53.1 Å². The normalized spacial score (nSPS) is 11.7. The minimum absolute atomic E-state index is 0.102. The number of carbonyl (C=O) groups excluding carboxylic acids is 2. The van der Waals surface area contributed by atoms with Gasteiger partial charge in [0.15, 0.2) is 11.6 Å². The number of pyridine rings is 2. The highest BCUT2D eigenvalue weighted by molar-refractivity contribution is 5.97. The van der Waals surface area contributed by atoms with Crippen LogP contribution in [0.1, 0.15) is 21.5 Å². The number of aromatic hydroxyl groups is 1. The largest absolute Gasteiger partial charge is 0.505 e. The minimum atomic E-state index is -1.67. The Hall–Kier alpha value is -3.95. The molecular weight excluding hydrogens is 427 g/mol. The highest BCUT2D eigenvalue weighted by atomic mass is 19.2. The van der Waals surface area contributed by atoms with Gasteiger partial charge in [0.25, 0.3) is 5.91 Å². The first kappa shape index (κ1) is 22.7. The van der Waals surface area contributed by atoms with Gasteiger partial charge in [0.2, 0.25) is 5.82 Å². The molecule has 7 nitrogen and oxygen atoms in total. The number of nitrogens with one attached hydrogen (secondary N) is 1. The molecule has 1 atom stereocenters. The number of aryl methyl sites for hydroxylation is 1. The number of halogens is 3. The van der Waals surface area contributed by atoms with Crippen LogP contribution in [0.4, 0.5) is 13.2 Å². The number of aromatic nitrogens is 2. The zero-order valence-electron chi connectivity index (χ0n) is 17.0. The van der Waals surface area contributed by atoms with Crippen molar-refractivity contribution in [2.24, 2.45) is 0 Å². The molecule has 1 aromatic carbocycles. The summed E-state index contributed by atoms with van der Waals surface area (Å²) in [4.78, 5) is 33.2. The Kier molecular flexibility index (Phi) is 6.72. The Morgan fingerprint density at radius 2 is 1.72 bits per heavy atom. The summed E-state index contributed by atoms with van der Waals surface area (Å²) in [6.45, 7) is 1.87. The van der Waals surface area contributed by atoms with Crippen LogP contribution in [0.25, 0.3) is 11.4 Å². The van der Waals surface area contributed by atoms with E-state index in [2.05, 4.69) is 20.0 Å². The predicted molar refractivity (Wildman–Crippen MR) is 107 cm³/mol. The second-order valence-electron chi connectivity index (χ2n) is 6.89. The van der Waals surface area contributed by atoms with E-state index in [4.69, 9.17) is 0 Å². The number of hydrogen-bond acceptors (Lipinski definition) is 6. The summed E-state index contributed by atoms with van der Waals surface area (Å²) in [5.74, 6) is -7.57. The topological polar surface area (TPSA) is 101 Å². The molecule has 0 aliphatic rings. The third-order valence-electron chi connectivity index (χ3n) is 4.63. The van der Waals surface area contributed by atoms with Crippen LogP contribution >= 0.6 is 0 Å². The van der Waals surface area contributed by atoms with Crippen molar-refractivity contribution in [1.82, 2.24) is 15.3 Å². The highest BCUT2D eigenvalue weighted by Crippen LogP contribution is 2.26. The van der Waals surface area contributed by atoms with E-state index in [1.807, 2.05) is 6.92 Å². The molecule has 0 aliphatic carbocycles. The number of hydrogen-bond donors (Lipinski definition) is 2. The molecule has 0 fully saturated rings. The lowest BCUT2D eigenvalue weighted by atomic mass is 10.0. The number of phenolic OH excluding ortho intramolecular Hbond substituents is 1. The Balaban J connectivity index is 1.87. The quantitative estimate of drug-likeness (QED) is 0.447. The van der Waals surface area contributed by atoms with Crippen molar-refractivity contribution >= 4 is 11.9 Å². The first-order chi connectivity index (χ1) is 15.2. The van der Waals surface area contributed by atoms with Gasteiger partial charge < -0.3 is 15.2 Å². The summed E-state index contributed by atoms with van der Waals surface area (Å²) >= 11 is 0. The maximum atomic E-state index is 14.1. The van der Waals surface area contributed by atoms with Gasteiger partial charge in [-0.15, -0.1) is 0 Å². The number of phenols is 1. The van der Waals surface area contributed by atoms with Crippen LogP contribution < -0.4 is 5.32 Å². The van der Waals surface area contributed by atoms with Gasteiger partial charge in [-0.05, 0) is 36.8 Å². The van der Waals surface area contributed by atoms with Gasteiger partial charge in [-0.1, -0.05) is 0 Å². The molecule has 0 unspecified atom stereocenters. The maximum absolute atomic E-state index is 14.1. The van der Waals surface area contributed by atoms with E-state index in [1.54, 1.807) is 18.3 Å². The van der Waals surface area contributed by atoms with Gasteiger partial charge in [-0.2, -0.15) is 4.39 Å². The lowest BCUT2D eigenvalue weighted by molar-refractivity contribution is -0.142. The number of amides is 1. The van der Waals surface area contributed by atoms with Crippen molar-refractivity contribution in [2.45, 2.75) is 19.4 Å². The lowest BCUT2D eigenvalue weighted by Crippen LogP contribution is -2.43. The Labute approximate surface area is 180 Å². The van der Waals surface area contributed by atoms with Gasteiger partial charge in [0, 0.05) is 36.0 Å². The van der Waals surface area contributed by atoms with Gasteiger partial charge >= 0.3 is 5.97 Å². The standard InChI is InChI=1S/C22H18F3N3O4/c1-11-3-5-26-15(7-11)16-8-12(4-6-27-16)21(30)28-17(22(31)32-2)9-13-14(23)10-18(29)20(25)19(13)24/h3-8,10,17,29H,9H2,1-2H3,(H,28,30)/t17-/m0/s1. The van der Waals surface area contributed by atoms with Crippen molar-refractivity contribution in [3.05, 3.63) is 76.9 Å². The summed E-state index contributed by atoms with van der Waals surface area (Å²) in [7, 11) is 1.03. The highest BCUT2D eigenvalue weighted by Gasteiger charge is 2.28. The minimum Gasteiger partial charge on any atom is -0.505 e. The first-order valence-corrected chi connectivity index (χ1v) is 9.34. The Bertz CT molecular complexity index is 1190. The molecule has 3 aromatic rings. The predicted octanol–water partition coefficient (Wildman–Crippen LogP) is 3.09. The van der Waals surface area contributed by atoms with Crippen LogP contribution in [-0.2, 0) is 16.0 Å². The van der Waals surface area contributed by atoms with Crippen LogP contribution in [0.5, 0.6) is 5.75 Å². The van der Waals surface area contributed by atoms with Gasteiger partial charge in [-0.3, -0.25) is 14.8 Å². The fourth-order valence-electron chi connectivity index (χ4n) is 2.98. The fraction of sp³-hybridized carbons (Fsp3) is 0.182. The van der Waals surface area contributed by atoms with E-state index in [0.29, 0.717) is 17.5 Å². The smallest absolute Gasteiger partial charge is 0.328 e. The second kappa shape index (κ2) is 9.46. The Morgan fingerprint density at radius 1 is 1.06 bits per heavy atom. The number of nitrogens with zero attached hydrogens (tertiary/aromatic N) is 2.